The molecule has 0 aromatic heterocycles. The zero-order valence-electron chi connectivity index (χ0n) is 17.9. The summed E-state index contributed by atoms with van der Waals surface area (Å²) in [5, 5.41) is 2.90. The smallest absolute Gasteiger partial charge is 0.258 e. The van der Waals surface area contributed by atoms with E-state index in [4.69, 9.17) is 4.74 Å². The second-order valence-electron chi connectivity index (χ2n) is 7.38. The molecule has 0 saturated carbocycles. The largest absolute Gasteiger partial charge is 0.484 e. The van der Waals surface area contributed by atoms with Crippen molar-refractivity contribution in [3.05, 3.63) is 94.5 Å². The van der Waals surface area contributed by atoms with Crippen molar-refractivity contribution in [2.75, 3.05) is 17.2 Å². The first-order valence-corrected chi connectivity index (χ1v) is 12.7. The van der Waals surface area contributed by atoms with Crippen LogP contribution in [0, 0.1) is 0 Å². The van der Waals surface area contributed by atoms with Gasteiger partial charge in [0.15, 0.2) is 6.61 Å². The summed E-state index contributed by atoms with van der Waals surface area (Å²) < 4.78 is 32.5. The third kappa shape index (κ3) is 6.83. The summed E-state index contributed by atoms with van der Waals surface area (Å²) in [7, 11) is -3.47. The fourth-order valence-corrected chi connectivity index (χ4v) is 4.28. The van der Waals surface area contributed by atoms with E-state index in [2.05, 4.69) is 21.2 Å². The highest BCUT2D eigenvalue weighted by Crippen LogP contribution is 2.24. The van der Waals surface area contributed by atoms with Gasteiger partial charge in [-0.15, -0.1) is 0 Å². The van der Waals surface area contributed by atoms with Crippen molar-refractivity contribution >= 4 is 37.5 Å². The third-order valence-corrected chi connectivity index (χ3v) is 6.48. The zero-order valence-corrected chi connectivity index (χ0v) is 20.3. The lowest BCUT2D eigenvalue weighted by atomic mass is 10.1. The second-order valence-corrected chi connectivity index (χ2v) is 10.2. The van der Waals surface area contributed by atoms with E-state index in [9.17, 15) is 13.2 Å². The molecular formula is C24H25BrN2O4S. The predicted molar refractivity (Wildman–Crippen MR) is 130 cm³/mol. The van der Waals surface area contributed by atoms with Crippen LogP contribution in [0.25, 0.3) is 0 Å². The van der Waals surface area contributed by atoms with Crippen molar-refractivity contribution in [2.45, 2.75) is 19.5 Å². The van der Waals surface area contributed by atoms with E-state index in [0.29, 0.717) is 11.4 Å². The molecule has 0 saturated heterocycles. The molecule has 0 bridgehead atoms. The lowest BCUT2D eigenvalue weighted by Crippen LogP contribution is -2.31. The molecule has 3 aromatic carbocycles. The minimum absolute atomic E-state index is 0.139. The molecule has 0 aliphatic heterocycles. The van der Waals surface area contributed by atoms with Crippen LogP contribution in [0.3, 0.4) is 0 Å². The highest BCUT2D eigenvalue weighted by atomic mass is 79.9. The summed E-state index contributed by atoms with van der Waals surface area (Å²) >= 11 is 3.39. The lowest BCUT2D eigenvalue weighted by Gasteiger charge is -2.23. The normalized spacial score (nSPS) is 12.1. The van der Waals surface area contributed by atoms with Crippen LogP contribution in [0.4, 0.5) is 5.69 Å². The maximum atomic E-state index is 12.3. The Labute approximate surface area is 197 Å². The highest BCUT2D eigenvalue weighted by Gasteiger charge is 2.18. The molecule has 168 valence electrons. The third-order valence-electron chi connectivity index (χ3n) is 4.81. The van der Waals surface area contributed by atoms with Crippen LogP contribution in [-0.4, -0.2) is 27.2 Å². The van der Waals surface area contributed by atoms with Gasteiger partial charge in [0, 0.05) is 4.47 Å². The number of sulfonamides is 1. The Morgan fingerprint density at radius 2 is 1.62 bits per heavy atom. The van der Waals surface area contributed by atoms with E-state index in [1.165, 1.54) is 10.6 Å². The molecule has 1 amide bonds. The van der Waals surface area contributed by atoms with Crippen molar-refractivity contribution in [1.29, 1.82) is 0 Å². The summed E-state index contributed by atoms with van der Waals surface area (Å²) in [4.78, 5) is 12.2. The van der Waals surface area contributed by atoms with Gasteiger partial charge in [0.05, 0.1) is 24.5 Å². The number of amides is 1. The van der Waals surface area contributed by atoms with E-state index in [1.807, 2.05) is 61.5 Å². The number of carbonyl (C=O) groups excluding carboxylic acids is 1. The van der Waals surface area contributed by atoms with Crippen LogP contribution in [0.5, 0.6) is 5.75 Å². The molecule has 1 N–H and O–H groups in total. The highest BCUT2D eigenvalue weighted by molar-refractivity contribution is 9.10. The zero-order chi connectivity index (χ0) is 23.1. The van der Waals surface area contributed by atoms with Crippen molar-refractivity contribution in [3.63, 3.8) is 0 Å². The van der Waals surface area contributed by atoms with Gasteiger partial charge < -0.3 is 10.1 Å². The number of nitrogens with zero attached hydrogens (tertiary/aromatic N) is 1. The first-order chi connectivity index (χ1) is 15.2. The van der Waals surface area contributed by atoms with Gasteiger partial charge in [-0.05, 0) is 54.4 Å². The van der Waals surface area contributed by atoms with Crippen LogP contribution < -0.4 is 14.4 Å². The number of hydrogen-bond donors (Lipinski definition) is 1. The number of hydrogen-bond acceptors (Lipinski definition) is 4. The Morgan fingerprint density at radius 1 is 1.00 bits per heavy atom. The van der Waals surface area contributed by atoms with Crippen LogP contribution in [-0.2, 0) is 21.4 Å². The molecule has 0 aliphatic carbocycles. The fourth-order valence-electron chi connectivity index (χ4n) is 3.12. The van der Waals surface area contributed by atoms with Crippen molar-refractivity contribution in [2.24, 2.45) is 0 Å². The molecule has 0 heterocycles. The minimum atomic E-state index is -3.47. The first kappa shape index (κ1) is 23.8. The molecule has 6 nitrogen and oxygen atoms in total. The monoisotopic (exact) mass is 516 g/mol. The van der Waals surface area contributed by atoms with Gasteiger partial charge >= 0.3 is 0 Å². The molecule has 0 fully saturated rings. The number of rotatable bonds is 9. The summed E-state index contributed by atoms with van der Waals surface area (Å²) in [5.74, 6) is 0.236. The van der Waals surface area contributed by atoms with Gasteiger partial charge in [0.1, 0.15) is 5.75 Å². The van der Waals surface area contributed by atoms with E-state index in [1.54, 1.807) is 24.3 Å². The number of benzene rings is 3. The molecule has 3 aromatic rings. The van der Waals surface area contributed by atoms with Crippen LogP contribution >= 0.6 is 15.9 Å². The number of nitrogens with one attached hydrogen (secondary N) is 1. The Morgan fingerprint density at radius 3 is 2.22 bits per heavy atom. The SMILES string of the molecule is C[C@H](NC(=O)COc1ccc(N(Cc2ccccc2)S(C)(=O)=O)cc1)c1ccc(Br)cc1. The number of halogens is 1. The molecular weight excluding hydrogens is 492 g/mol. The first-order valence-electron chi connectivity index (χ1n) is 10.0. The number of ether oxygens (including phenoxy) is 1. The van der Waals surface area contributed by atoms with Crippen LogP contribution in [0.2, 0.25) is 0 Å². The molecule has 0 unspecified atom stereocenters. The lowest BCUT2D eigenvalue weighted by molar-refractivity contribution is -0.123. The molecule has 0 radical (unpaired) electrons. The van der Waals surface area contributed by atoms with E-state index < -0.39 is 10.0 Å². The Bertz CT molecular complexity index is 1130. The molecule has 0 aliphatic rings. The van der Waals surface area contributed by atoms with Crippen molar-refractivity contribution < 1.29 is 17.9 Å². The van der Waals surface area contributed by atoms with Crippen LogP contribution in [0.15, 0.2) is 83.3 Å². The van der Waals surface area contributed by atoms with Gasteiger partial charge in [0.2, 0.25) is 10.0 Å². The molecule has 1 atom stereocenters. The Kier molecular flexibility index (Phi) is 7.93. The summed E-state index contributed by atoms with van der Waals surface area (Å²) in [5.41, 5.74) is 2.40. The summed E-state index contributed by atoms with van der Waals surface area (Å²) in [6.45, 7) is 2.00. The number of anilines is 1. The van der Waals surface area contributed by atoms with Gasteiger partial charge in [-0.2, -0.15) is 0 Å². The predicted octanol–water partition coefficient (Wildman–Crippen LogP) is 4.67. The van der Waals surface area contributed by atoms with Gasteiger partial charge in [-0.3, -0.25) is 9.10 Å². The van der Waals surface area contributed by atoms with E-state index in [0.717, 1.165) is 15.6 Å². The maximum absolute atomic E-state index is 12.3. The van der Waals surface area contributed by atoms with E-state index in [-0.39, 0.29) is 25.1 Å². The average Bonchev–Trinajstić information content (AvgIpc) is 2.77. The molecule has 3 rings (SSSR count). The van der Waals surface area contributed by atoms with Crippen LogP contribution in [0.1, 0.15) is 24.1 Å². The molecule has 8 heteroatoms. The van der Waals surface area contributed by atoms with Gasteiger partial charge in [-0.25, -0.2) is 8.42 Å². The maximum Gasteiger partial charge on any atom is 0.258 e. The second kappa shape index (κ2) is 10.7. The van der Waals surface area contributed by atoms with Crippen molar-refractivity contribution in [1.82, 2.24) is 5.32 Å². The average molecular weight is 517 g/mol. The van der Waals surface area contributed by atoms with E-state index >= 15 is 0 Å². The van der Waals surface area contributed by atoms with Gasteiger partial charge in [0.25, 0.3) is 5.91 Å². The quantitative estimate of drug-likeness (QED) is 0.448. The standard InChI is InChI=1S/C24H25BrN2O4S/c1-18(20-8-10-21(25)11-9-20)26-24(28)17-31-23-14-12-22(13-15-23)27(32(2,29)30)16-19-6-4-3-5-7-19/h3-15,18H,16-17H2,1-2H3,(H,26,28)/t18-/m0/s1. The number of carbonyl (C=O) groups is 1. The summed E-state index contributed by atoms with van der Waals surface area (Å²) in [6, 6.07) is 23.6. The Balaban J connectivity index is 1.59. The van der Waals surface area contributed by atoms with Gasteiger partial charge in [-0.1, -0.05) is 58.4 Å². The minimum Gasteiger partial charge on any atom is -0.484 e. The van der Waals surface area contributed by atoms with Crippen molar-refractivity contribution in [3.8, 4) is 5.75 Å². The summed E-state index contributed by atoms with van der Waals surface area (Å²) in [6.07, 6.45) is 1.18. The molecule has 0 spiro atoms. The fraction of sp³-hybridized carbons (Fsp3) is 0.208. The Hall–Kier alpha value is -2.84. The molecule has 32 heavy (non-hydrogen) atoms. The topological polar surface area (TPSA) is 75.7 Å².